The number of hydrogen-bond donors (Lipinski definition) is 0. The fourth-order valence-corrected chi connectivity index (χ4v) is 2.25. The summed E-state index contributed by atoms with van der Waals surface area (Å²) in [6.07, 6.45) is 1.45. The SMILES string of the molecule is Cc1cccc(CN(C)c2ncnc(Cl)c2Br)n1. The quantitative estimate of drug-likeness (QED) is 0.812. The van der Waals surface area contributed by atoms with Gasteiger partial charge in [-0.25, -0.2) is 9.97 Å². The molecule has 2 rings (SSSR count). The molecule has 0 unspecified atom stereocenters. The van der Waals surface area contributed by atoms with Crippen molar-refractivity contribution in [3.63, 3.8) is 0 Å². The fourth-order valence-electron chi connectivity index (χ4n) is 1.61. The van der Waals surface area contributed by atoms with E-state index in [0.717, 1.165) is 17.2 Å². The first-order valence-corrected chi connectivity index (χ1v) is 6.54. The van der Waals surface area contributed by atoms with E-state index in [9.17, 15) is 0 Å². The van der Waals surface area contributed by atoms with Gasteiger partial charge < -0.3 is 4.90 Å². The van der Waals surface area contributed by atoms with Crippen molar-refractivity contribution < 1.29 is 0 Å². The summed E-state index contributed by atoms with van der Waals surface area (Å²) in [5.74, 6) is 0.748. The molecule has 2 aromatic rings. The molecule has 0 aliphatic rings. The van der Waals surface area contributed by atoms with Gasteiger partial charge in [0.2, 0.25) is 0 Å². The van der Waals surface area contributed by atoms with Gasteiger partial charge in [0.05, 0.1) is 16.7 Å². The van der Waals surface area contributed by atoms with E-state index in [0.29, 0.717) is 16.2 Å². The average Bonchev–Trinajstić information content (AvgIpc) is 2.32. The lowest BCUT2D eigenvalue weighted by molar-refractivity contribution is 0.851. The lowest BCUT2D eigenvalue weighted by Crippen LogP contribution is -2.19. The standard InChI is InChI=1S/C12H12BrClN4/c1-8-4-3-5-9(17-8)6-18(2)12-10(13)11(14)15-7-16-12/h3-5,7H,6H2,1-2H3. The van der Waals surface area contributed by atoms with Gasteiger partial charge in [-0.3, -0.25) is 4.98 Å². The summed E-state index contributed by atoms with van der Waals surface area (Å²) in [5, 5.41) is 0.407. The van der Waals surface area contributed by atoms with Crippen LogP contribution in [0.25, 0.3) is 0 Å². The van der Waals surface area contributed by atoms with Crippen LogP contribution in [0, 0.1) is 6.92 Å². The Morgan fingerprint density at radius 1 is 1.33 bits per heavy atom. The predicted octanol–water partition coefficient (Wildman–Crippen LogP) is 3.23. The molecule has 0 aliphatic heterocycles. The molecule has 0 saturated heterocycles. The molecule has 0 aliphatic carbocycles. The van der Waals surface area contributed by atoms with Crippen molar-refractivity contribution in [2.45, 2.75) is 13.5 Å². The van der Waals surface area contributed by atoms with Crippen LogP contribution in [0.3, 0.4) is 0 Å². The summed E-state index contributed by atoms with van der Waals surface area (Å²) in [4.78, 5) is 14.6. The monoisotopic (exact) mass is 326 g/mol. The maximum atomic E-state index is 5.95. The fraction of sp³-hybridized carbons (Fsp3) is 0.250. The molecule has 0 spiro atoms. The van der Waals surface area contributed by atoms with Crippen molar-refractivity contribution >= 4 is 33.3 Å². The van der Waals surface area contributed by atoms with Crippen molar-refractivity contribution in [3.05, 3.63) is 45.5 Å². The zero-order chi connectivity index (χ0) is 13.1. The van der Waals surface area contributed by atoms with Crippen LogP contribution in [-0.2, 0) is 6.54 Å². The first kappa shape index (κ1) is 13.2. The molecule has 0 saturated carbocycles. The molecule has 6 heteroatoms. The predicted molar refractivity (Wildman–Crippen MR) is 75.8 cm³/mol. The van der Waals surface area contributed by atoms with Crippen LogP contribution in [0.2, 0.25) is 5.15 Å². The topological polar surface area (TPSA) is 41.9 Å². The van der Waals surface area contributed by atoms with Crippen LogP contribution in [0.15, 0.2) is 29.0 Å². The third kappa shape index (κ3) is 2.97. The van der Waals surface area contributed by atoms with E-state index >= 15 is 0 Å². The largest absolute Gasteiger partial charge is 0.353 e. The van der Waals surface area contributed by atoms with E-state index in [1.54, 1.807) is 0 Å². The molecule has 18 heavy (non-hydrogen) atoms. The summed E-state index contributed by atoms with van der Waals surface area (Å²) in [7, 11) is 1.94. The van der Waals surface area contributed by atoms with E-state index in [4.69, 9.17) is 11.6 Å². The Hall–Kier alpha value is -1.20. The second-order valence-corrected chi connectivity index (χ2v) is 5.08. The highest BCUT2D eigenvalue weighted by molar-refractivity contribution is 9.10. The lowest BCUT2D eigenvalue weighted by atomic mass is 10.3. The Morgan fingerprint density at radius 2 is 2.11 bits per heavy atom. The van der Waals surface area contributed by atoms with Gasteiger partial charge in [-0.1, -0.05) is 17.7 Å². The first-order chi connectivity index (χ1) is 8.58. The van der Waals surface area contributed by atoms with E-state index in [1.165, 1.54) is 6.33 Å². The molecule has 0 fully saturated rings. The Kier molecular flexibility index (Phi) is 4.14. The minimum Gasteiger partial charge on any atom is -0.353 e. The van der Waals surface area contributed by atoms with Crippen molar-refractivity contribution in [3.8, 4) is 0 Å². The van der Waals surface area contributed by atoms with Gasteiger partial charge >= 0.3 is 0 Å². The summed E-state index contributed by atoms with van der Waals surface area (Å²) in [6.45, 7) is 2.63. The smallest absolute Gasteiger partial charge is 0.148 e. The lowest BCUT2D eigenvalue weighted by Gasteiger charge is -2.19. The second kappa shape index (κ2) is 5.63. The summed E-state index contributed by atoms with van der Waals surface area (Å²) in [5.41, 5.74) is 1.99. The van der Waals surface area contributed by atoms with Gasteiger partial charge in [-0.15, -0.1) is 0 Å². The van der Waals surface area contributed by atoms with Crippen LogP contribution >= 0.6 is 27.5 Å². The molecule has 4 nitrogen and oxygen atoms in total. The van der Waals surface area contributed by atoms with Crippen LogP contribution < -0.4 is 4.90 Å². The van der Waals surface area contributed by atoms with Crippen molar-refractivity contribution in [1.29, 1.82) is 0 Å². The van der Waals surface area contributed by atoms with Gasteiger partial charge in [0.25, 0.3) is 0 Å². The molecule has 94 valence electrons. The van der Waals surface area contributed by atoms with Crippen molar-refractivity contribution in [1.82, 2.24) is 15.0 Å². The summed E-state index contributed by atoms with van der Waals surface area (Å²) < 4.78 is 0.696. The molecule has 2 aromatic heterocycles. The highest BCUT2D eigenvalue weighted by Gasteiger charge is 2.12. The van der Waals surface area contributed by atoms with E-state index < -0.39 is 0 Å². The molecule has 0 N–H and O–H groups in total. The van der Waals surface area contributed by atoms with Gasteiger partial charge in [-0.05, 0) is 35.0 Å². The zero-order valence-corrected chi connectivity index (χ0v) is 12.4. The number of pyridine rings is 1. The van der Waals surface area contributed by atoms with E-state index in [-0.39, 0.29) is 0 Å². The highest BCUT2D eigenvalue weighted by Crippen LogP contribution is 2.28. The number of anilines is 1. The molecule has 0 bridgehead atoms. The number of nitrogens with zero attached hydrogens (tertiary/aromatic N) is 4. The van der Waals surface area contributed by atoms with E-state index in [1.807, 2.05) is 37.1 Å². The van der Waals surface area contributed by atoms with Crippen molar-refractivity contribution in [2.24, 2.45) is 0 Å². The molecule has 0 aromatic carbocycles. The van der Waals surface area contributed by atoms with Gasteiger partial charge in [-0.2, -0.15) is 0 Å². The minimum absolute atomic E-state index is 0.407. The molecule has 0 atom stereocenters. The van der Waals surface area contributed by atoms with Gasteiger partial charge in [0.15, 0.2) is 0 Å². The Balaban J connectivity index is 2.22. The zero-order valence-electron chi connectivity index (χ0n) is 10.1. The maximum Gasteiger partial charge on any atom is 0.148 e. The Bertz CT molecular complexity index is 562. The maximum absolute atomic E-state index is 5.95. The van der Waals surface area contributed by atoms with Gasteiger partial charge in [0.1, 0.15) is 17.3 Å². The Morgan fingerprint density at radius 3 is 2.83 bits per heavy atom. The second-order valence-electron chi connectivity index (χ2n) is 3.93. The normalized spacial score (nSPS) is 10.4. The number of halogens is 2. The molecule has 0 amide bonds. The average molecular weight is 328 g/mol. The number of aromatic nitrogens is 3. The number of hydrogen-bond acceptors (Lipinski definition) is 4. The number of aryl methyl sites for hydroxylation is 1. The molecular weight excluding hydrogens is 316 g/mol. The van der Waals surface area contributed by atoms with Crippen LogP contribution in [0.4, 0.5) is 5.82 Å². The van der Waals surface area contributed by atoms with E-state index in [2.05, 4.69) is 30.9 Å². The highest BCUT2D eigenvalue weighted by atomic mass is 79.9. The molecule has 2 heterocycles. The first-order valence-electron chi connectivity index (χ1n) is 5.37. The van der Waals surface area contributed by atoms with Crippen LogP contribution in [0.1, 0.15) is 11.4 Å². The number of rotatable bonds is 3. The summed E-state index contributed by atoms with van der Waals surface area (Å²) >= 11 is 9.34. The Labute approximate surface area is 119 Å². The molecule has 0 radical (unpaired) electrons. The summed E-state index contributed by atoms with van der Waals surface area (Å²) in [6, 6.07) is 5.95. The van der Waals surface area contributed by atoms with Crippen LogP contribution in [0.5, 0.6) is 0 Å². The van der Waals surface area contributed by atoms with Crippen molar-refractivity contribution in [2.75, 3.05) is 11.9 Å². The third-order valence-electron chi connectivity index (χ3n) is 2.44. The third-order valence-corrected chi connectivity index (χ3v) is 3.68. The van der Waals surface area contributed by atoms with Crippen LogP contribution in [-0.4, -0.2) is 22.0 Å². The van der Waals surface area contributed by atoms with Gasteiger partial charge in [0, 0.05) is 12.7 Å². The molecular formula is C12H12BrClN4. The minimum atomic E-state index is 0.407.